The van der Waals surface area contributed by atoms with Crippen molar-refractivity contribution in [2.24, 2.45) is 11.7 Å². The highest BCUT2D eigenvalue weighted by molar-refractivity contribution is 6.33. The van der Waals surface area contributed by atoms with Gasteiger partial charge in [0, 0.05) is 13.1 Å². The largest absolute Gasteiger partial charge is 0.389 e. The van der Waals surface area contributed by atoms with Crippen molar-refractivity contribution in [3.63, 3.8) is 0 Å². The highest BCUT2D eigenvalue weighted by Crippen LogP contribution is 2.31. The summed E-state index contributed by atoms with van der Waals surface area (Å²) in [7, 11) is 0. The predicted octanol–water partition coefficient (Wildman–Crippen LogP) is 2.09. The van der Waals surface area contributed by atoms with Crippen LogP contribution in [0.5, 0.6) is 0 Å². The summed E-state index contributed by atoms with van der Waals surface area (Å²) in [6, 6.07) is 5.53. The molecule has 4 nitrogen and oxygen atoms in total. The molecule has 104 valence electrons. The van der Waals surface area contributed by atoms with Crippen molar-refractivity contribution in [2.75, 3.05) is 18.0 Å². The third-order valence-electron chi connectivity index (χ3n) is 3.62. The number of halogens is 1. The van der Waals surface area contributed by atoms with Gasteiger partial charge in [-0.05, 0) is 37.5 Å². The molecule has 5 heteroatoms. The molecule has 0 aliphatic carbocycles. The molecule has 0 bridgehead atoms. The zero-order chi connectivity index (χ0) is 14.0. The fraction of sp³-hybridized carbons (Fsp3) is 0.500. The number of carbonyl (C=O) groups is 1. The molecule has 0 aromatic heterocycles. The third kappa shape index (κ3) is 3.19. The van der Waals surface area contributed by atoms with Gasteiger partial charge in [-0.25, -0.2) is 0 Å². The summed E-state index contributed by atoms with van der Waals surface area (Å²) in [6.07, 6.45) is 1.24. The molecule has 1 heterocycles. The van der Waals surface area contributed by atoms with Crippen LogP contribution in [-0.4, -0.2) is 24.1 Å². The fourth-order valence-electron chi connectivity index (χ4n) is 2.47. The minimum absolute atomic E-state index is 0.110. The maximum Gasteiger partial charge on any atom is 0.222 e. The molecule has 19 heavy (non-hydrogen) atoms. The first-order chi connectivity index (χ1) is 8.99. The number of benzene rings is 1. The number of primary amides is 1. The molecule has 1 unspecified atom stereocenters. The molecular weight excluding hydrogens is 264 g/mol. The Bertz CT molecular complexity index is 477. The van der Waals surface area contributed by atoms with E-state index in [1.165, 1.54) is 0 Å². The van der Waals surface area contributed by atoms with Gasteiger partial charge in [-0.2, -0.15) is 0 Å². The molecule has 2 rings (SSSR count). The van der Waals surface area contributed by atoms with Crippen LogP contribution in [0.4, 0.5) is 5.69 Å². The van der Waals surface area contributed by atoms with E-state index in [1.54, 1.807) is 13.0 Å². The molecule has 2 atom stereocenters. The number of nitrogens with two attached hydrogens (primary N) is 1. The van der Waals surface area contributed by atoms with Crippen molar-refractivity contribution in [3.8, 4) is 0 Å². The average Bonchev–Trinajstić information content (AvgIpc) is 2.38. The molecule has 1 aromatic rings. The van der Waals surface area contributed by atoms with Crippen LogP contribution in [0, 0.1) is 5.92 Å². The summed E-state index contributed by atoms with van der Waals surface area (Å²) in [5, 5.41) is 10.1. The summed E-state index contributed by atoms with van der Waals surface area (Å²) < 4.78 is 0. The second-order valence-electron chi connectivity index (χ2n) is 5.07. The number of hydrogen-bond donors (Lipinski definition) is 2. The first-order valence-electron chi connectivity index (χ1n) is 6.51. The van der Waals surface area contributed by atoms with Crippen LogP contribution in [0.15, 0.2) is 18.2 Å². The van der Waals surface area contributed by atoms with Crippen LogP contribution >= 0.6 is 11.6 Å². The molecule has 1 aliphatic heterocycles. The Morgan fingerprint density at radius 3 is 2.89 bits per heavy atom. The van der Waals surface area contributed by atoms with Crippen LogP contribution in [-0.2, 0) is 4.79 Å². The Morgan fingerprint density at radius 2 is 2.32 bits per heavy atom. The van der Waals surface area contributed by atoms with E-state index in [2.05, 4.69) is 4.90 Å². The minimum Gasteiger partial charge on any atom is -0.389 e. The lowest BCUT2D eigenvalue weighted by Crippen LogP contribution is -2.41. The summed E-state index contributed by atoms with van der Waals surface area (Å²) in [5.74, 6) is -0.359. The molecule has 0 spiro atoms. The van der Waals surface area contributed by atoms with Gasteiger partial charge in [0.05, 0.1) is 22.7 Å². The number of anilines is 1. The first kappa shape index (κ1) is 14.2. The van der Waals surface area contributed by atoms with Crippen LogP contribution in [0.2, 0.25) is 5.02 Å². The number of carbonyl (C=O) groups excluding carboxylic acids is 1. The van der Waals surface area contributed by atoms with Crippen molar-refractivity contribution in [1.29, 1.82) is 0 Å². The van der Waals surface area contributed by atoms with E-state index in [4.69, 9.17) is 17.3 Å². The number of amides is 1. The van der Waals surface area contributed by atoms with E-state index < -0.39 is 6.10 Å². The van der Waals surface area contributed by atoms with Crippen LogP contribution in [0.3, 0.4) is 0 Å². The molecule has 1 aliphatic rings. The lowest BCUT2D eigenvalue weighted by Gasteiger charge is -2.33. The van der Waals surface area contributed by atoms with Crippen molar-refractivity contribution in [2.45, 2.75) is 25.9 Å². The maximum atomic E-state index is 11.3. The van der Waals surface area contributed by atoms with E-state index >= 15 is 0 Å². The molecule has 3 N–H and O–H groups in total. The zero-order valence-corrected chi connectivity index (χ0v) is 11.7. The number of nitrogens with zero attached hydrogens (tertiary/aromatic N) is 1. The number of aliphatic hydroxyl groups is 1. The summed E-state index contributed by atoms with van der Waals surface area (Å²) >= 11 is 6.27. The molecule has 1 saturated heterocycles. The lowest BCUT2D eigenvalue weighted by molar-refractivity contribution is -0.122. The van der Waals surface area contributed by atoms with E-state index in [-0.39, 0.29) is 11.8 Å². The van der Waals surface area contributed by atoms with Crippen LogP contribution in [0.25, 0.3) is 0 Å². The second kappa shape index (κ2) is 5.80. The van der Waals surface area contributed by atoms with E-state index in [0.29, 0.717) is 11.6 Å². The predicted molar refractivity (Wildman–Crippen MR) is 76.2 cm³/mol. The third-order valence-corrected chi connectivity index (χ3v) is 3.92. The normalized spacial score (nSPS) is 21.2. The molecule has 1 amide bonds. The van der Waals surface area contributed by atoms with Gasteiger partial charge in [0.15, 0.2) is 0 Å². The Morgan fingerprint density at radius 1 is 1.58 bits per heavy atom. The monoisotopic (exact) mass is 282 g/mol. The highest BCUT2D eigenvalue weighted by Gasteiger charge is 2.25. The standard InChI is InChI=1S/C14H19ClN2O2/c1-9(18)10-4-5-13(12(15)7-10)17-6-2-3-11(8-17)14(16)19/h4-5,7,9,11,18H,2-3,6,8H2,1H3,(H2,16,19)/t9-,11?/m1/s1. The van der Waals surface area contributed by atoms with Crippen molar-refractivity contribution >= 4 is 23.2 Å². The topological polar surface area (TPSA) is 66.6 Å². The Balaban J connectivity index is 2.19. The summed E-state index contributed by atoms with van der Waals surface area (Å²) in [6.45, 7) is 3.19. The van der Waals surface area contributed by atoms with Crippen molar-refractivity contribution < 1.29 is 9.90 Å². The number of piperidine rings is 1. The van der Waals surface area contributed by atoms with Gasteiger partial charge in [-0.15, -0.1) is 0 Å². The number of rotatable bonds is 3. The summed E-state index contributed by atoms with van der Waals surface area (Å²) in [4.78, 5) is 13.4. The number of hydrogen-bond acceptors (Lipinski definition) is 3. The van der Waals surface area contributed by atoms with E-state index in [0.717, 1.165) is 30.6 Å². The van der Waals surface area contributed by atoms with Gasteiger partial charge in [0.1, 0.15) is 0 Å². The van der Waals surface area contributed by atoms with Crippen molar-refractivity contribution in [1.82, 2.24) is 0 Å². The highest BCUT2D eigenvalue weighted by atomic mass is 35.5. The van der Waals surface area contributed by atoms with Gasteiger partial charge in [-0.1, -0.05) is 17.7 Å². The molecule has 1 aromatic carbocycles. The molecule has 1 fully saturated rings. The average molecular weight is 283 g/mol. The fourth-order valence-corrected chi connectivity index (χ4v) is 2.78. The first-order valence-corrected chi connectivity index (χ1v) is 6.88. The summed E-state index contributed by atoms with van der Waals surface area (Å²) in [5.41, 5.74) is 7.07. The van der Waals surface area contributed by atoms with Gasteiger partial charge >= 0.3 is 0 Å². The lowest BCUT2D eigenvalue weighted by atomic mass is 9.97. The SMILES string of the molecule is C[C@@H](O)c1ccc(N2CCCC(C(N)=O)C2)c(Cl)c1. The quantitative estimate of drug-likeness (QED) is 0.892. The minimum atomic E-state index is -0.536. The van der Waals surface area contributed by atoms with Gasteiger partial charge in [-0.3, -0.25) is 4.79 Å². The Kier molecular flexibility index (Phi) is 4.32. The Hall–Kier alpha value is -1.26. The molecule has 0 radical (unpaired) electrons. The van der Waals surface area contributed by atoms with Gasteiger partial charge in [0.25, 0.3) is 0 Å². The number of aliphatic hydroxyl groups excluding tert-OH is 1. The van der Waals surface area contributed by atoms with Gasteiger partial charge in [0.2, 0.25) is 5.91 Å². The Labute approximate surface area is 118 Å². The molecular formula is C14H19ClN2O2. The van der Waals surface area contributed by atoms with E-state index in [1.807, 2.05) is 12.1 Å². The molecule has 0 saturated carbocycles. The van der Waals surface area contributed by atoms with E-state index in [9.17, 15) is 9.90 Å². The zero-order valence-electron chi connectivity index (χ0n) is 11.0. The smallest absolute Gasteiger partial charge is 0.222 e. The van der Waals surface area contributed by atoms with Gasteiger partial charge < -0.3 is 15.7 Å². The van der Waals surface area contributed by atoms with Crippen molar-refractivity contribution in [3.05, 3.63) is 28.8 Å². The maximum absolute atomic E-state index is 11.3. The van der Waals surface area contributed by atoms with Crippen LogP contribution < -0.4 is 10.6 Å². The second-order valence-corrected chi connectivity index (χ2v) is 5.48. The van der Waals surface area contributed by atoms with Crippen LogP contribution in [0.1, 0.15) is 31.4 Å².